The molecule has 2 atom stereocenters. The summed E-state index contributed by atoms with van der Waals surface area (Å²) < 4.78 is 17.5. The van der Waals surface area contributed by atoms with Crippen LogP contribution in [-0.2, 0) is 0 Å². The van der Waals surface area contributed by atoms with Gasteiger partial charge in [-0.2, -0.15) is 0 Å². The Morgan fingerprint density at radius 3 is 2.52 bits per heavy atom. The molecule has 0 saturated carbocycles. The molecule has 6 heteroatoms. The van der Waals surface area contributed by atoms with Gasteiger partial charge in [-0.15, -0.1) is 0 Å². The number of fused-ring (bicyclic) bond motifs is 1. The molecule has 0 aromatic heterocycles. The fourth-order valence-electron chi connectivity index (χ4n) is 2.88. The van der Waals surface area contributed by atoms with Crippen LogP contribution in [0, 0.1) is 0 Å². The zero-order valence-corrected chi connectivity index (χ0v) is 14.3. The Balaban J connectivity index is 2.06. The Morgan fingerprint density at radius 2 is 1.87 bits per heavy atom. The summed E-state index contributed by atoms with van der Waals surface area (Å²) in [6.45, 7) is -0.0690. The lowest BCUT2D eigenvalue weighted by Crippen LogP contribution is -2.13. The first-order chi connectivity index (χ1) is 11.1. The Morgan fingerprint density at radius 1 is 1.13 bits per heavy atom. The van der Waals surface area contributed by atoms with Gasteiger partial charge in [0.25, 0.3) is 0 Å². The molecule has 0 aliphatic carbocycles. The van der Waals surface area contributed by atoms with E-state index in [9.17, 15) is 10.2 Å². The van der Waals surface area contributed by atoms with E-state index >= 15 is 0 Å². The predicted octanol–water partition coefficient (Wildman–Crippen LogP) is 3.38. The van der Waals surface area contributed by atoms with Crippen LogP contribution in [0.3, 0.4) is 0 Å². The number of benzene rings is 2. The molecule has 5 nitrogen and oxygen atoms in total. The molecule has 1 aliphatic heterocycles. The van der Waals surface area contributed by atoms with Crippen LogP contribution < -0.4 is 14.2 Å². The van der Waals surface area contributed by atoms with Gasteiger partial charge in [-0.3, -0.25) is 0 Å². The van der Waals surface area contributed by atoms with Crippen molar-refractivity contribution < 1.29 is 24.4 Å². The highest BCUT2D eigenvalue weighted by molar-refractivity contribution is 9.10. The molecule has 0 radical (unpaired) electrons. The number of hydrogen-bond acceptors (Lipinski definition) is 5. The molecule has 23 heavy (non-hydrogen) atoms. The van der Waals surface area contributed by atoms with Gasteiger partial charge >= 0.3 is 0 Å². The quantitative estimate of drug-likeness (QED) is 0.850. The minimum absolute atomic E-state index is 0.0626. The monoisotopic (exact) mass is 380 g/mol. The number of hydrogen-bond donors (Lipinski definition) is 2. The first-order valence-electron chi connectivity index (χ1n) is 7.11. The summed E-state index contributed by atoms with van der Waals surface area (Å²) in [4.78, 5) is 0. The van der Waals surface area contributed by atoms with Gasteiger partial charge in [-0.25, -0.2) is 0 Å². The van der Waals surface area contributed by atoms with Crippen LogP contribution >= 0.6 is 15.9 Å². The smallest absolute Gasteiger partial charge is 0.165 e. The Labute approximate surface area is 142 Å². The molecule has 0 bridgehead atoms. The van der Waals surface area contributed by atoms with E-state index in [1.54, 1.807) is 25.3 Å². The topological polar surface area (TPSA) is 68.2 Å². The first kappa shape index (κ1) is 16.0. The van der Waals surface area contributed by atoms with Gasteiger partial charge in [0.2, 0.25) is 0 Å². The SMILES string of the molecule is COc1cc([C@H]2Oc3c(OC)cc(Br)cc3[C@@H]2CO)ccc1O. The van der Waals surface area contributed by atoms with E-state index in [0.29, 0.717) is 17.2 Å². The van der Waals surface area contributed by atoms with Crippen LogP contribution in [0.5, 0.6) is 23.0 Å². The van der Waals surface area contributed by atoms with Crippen molar-refractivity contribution in [2.75, 3.05) is 20.8 Å². The molecular formula is C17H17BrO5. The van der Waals surface area contributed by atoms with E-state index in [4.69, 9.17) is 14.2 Å². The third-order valence-electron chi connectivity index (χ3n) is 4.01. The molecule has 2 N–H and O–H groups in total. The maximum absolute atomic E-state index is 9.86. The highest BCUT2D eigenvalue weighted by Crippen LogP contribution is 2.51. The molecule has 0 spiro atoms. The van der Waals surface area contributed by atoms with Gasteiger partial charge in [0, 0.05) is 10.0 Å². The molecule has 0 unspecified atom stereocenters. The number of ether oxygens (including phenoxy) is 3. The molecule has 122 valence electrons. The number of phenolic OH excluding ortho intramolecular Hbond substituents is 1. The van der Waals surface area contributed by atoms with Crippen molar-refractivity contribution in [1.29, 1.82) is 0 Å². The van der Waals surface area contributed by atoms with Crippen LogP contribution in [0.4, 0.5) is 0 Å². The van der Waals surface area contributed by atoms with E-state index in [1.165, 1.54) is 7.11 Å². The second-order valence-corrected chi connectivity index (χ2v) is 6.20. The zero-order valence-electron chi connectivity index (χ0n) is 12.7. The highest BCUT2D eigenvalue weighted by Gasteiger charge is 2.37. The van der Waals surface area contributed by atoms with E-state index in [0.717, 1.165) is 15.6 Å². The number of rotatable bonds is 4. The second kappa shape index (κ2) is 6.29. The van der Waals surface area contributed by atoms with Crippen molar-refractivity contribution in [3.63, 3.8) is 0 Å². The van der Waals surface area contributed by atoms with E-state index in [-0.39, 0.29) is 24.4 Å². The predicted molar refractivity (Wildman–Crippen MR) is 88.5 cm³/mol. The summed E-state index contributed by atoms with van der Waals surface area (Å²) >= 11 is 3.45. The number of methoxy groups -OCH3 is 2. The van der Waals surface area contributed by atoms with Gasteiger partial charge in [-0.05, 0) is 29.8 Å². The molecular weight excluding hydrogens is 364 g/mol. The van der Waals surface area contributed by atoms with Crippen molar-refractivity contribution in [1.82, 2.24) is 0 Å². The van der Waals surface area contributed by atoms with Gasteiger partial charge < -0.3 is 24.4 Å². The summed E-state index contributed by atoms with van der Waals surface area (Å²) in [7, 11) is 3.07. The lowest BCUT2D eigenvalue weighted by Gasteiger charge is -2.18. The summed E-state index contributed by atoms with van der Waals surface area (Å²) in [5, 5.41) is 19.6. The third kappa shape index (κ3) is 2.72. The fraction of sp³-hybridized carbons (Fsp3) is 0.294. The summed E-state index contributed by atoms with van der Waals surface area (Å²) in [6, 6.07) is 8.79. The van der Waals surface area contributed by atoms with Crippen LogP contribution in [-0.4, -0.2) is 31.0 Å². The van der Waals surface area contributed by atoms with E-state index in [2.05, 4.69) is 15.9 Å². The average Bonchev–Trinajstić information content (AvgIpc) is 2.92. The Bertz CT molecular complexity index is 731. The van der Waals surface area contributed by atoms with Crippen LogP contribution in [0.2, 0.25) is 0 Å². The number of aromatic hydroxyl groups is 1. The number of aliphatic hydroxyl groups is 1. The first-order valence-corrected chi connectivity index (χ1v) is 7.90. The molecule has 2 aromatic rings. The normalized spacial score (nSPS) is 19.1. The fourth-order valence-corrected chi connectivity index (χ4v) is 3.33. The Kier molecular flexibility index (Phi) is 4.37. The Hall–Kier alpha value is -1.92. The largest absolute Gasteiger partial charge is 0.504 e. The summed E-state index contributed by atoms with van der Waals surface area (Å²) in [6.07, 6.45) is -0.382. The maximum atomic E-state index is 9.86. The van der Waals surface area contributed by atoms with Gasteiger partial charge in [0.15, 0.2) is 23.0 Å². The van der Waals surface area contributed by atoms with Crippen molar-refractivity contribution in [3.05, 3.63) is 45.9 Å². The van der Waals surface area contributed by atoms with Gasteiger partial charge in [-0.1, -0.05) is 22.0 Å². The average molecular weight is 381 g/mol. The molecule has 1 heterocycles. The standard InChI is InChI=1S/C17H17BrO5/c1-21-14-5-9(3-4-13(14)20)16-12(8-19)11-6-10(18)7-15(22-2)17(11)23-16/h3-7,12,16,19-20H,8H2,1-2H3/t12-,16+/m0/s1. The number of aliphatic hydroxyl groups excluding tert-OH is 1. The summed E-state index contributed by atoms with van der Waals surface area (Å²) in [5.41, 5.74) is 1.70. The molecule has 0 amide bonds. The molecule has 3 rings (SSSR count). The second-order valence-electron chi connectivity index (χ2n) is 5.29. The van der Waals surface area contributed by atoms with Crippen LogP contribution in [0.15, 0.2) is 34.8 Å². The molecule has 0 fully saturated rings. The molecule has 0 saturated heterocycles. The van der Waals surface area contributed by atoms with Gasteiger partial charge in [0.05, 0.1) is 26.7 Å². The number of halogens is 1. The third-order valence-corrected chi connectivity index (χ3v) is 4.46. The van der Waals surface area contributed by atoms with E-state index in [1.807, 2.05) is 12.1 Å². The molecule has 1 aliphatic rings. The van der Waals surface area contributed by atoms with E-state index < -0.39 is 0 Å². The van der Waals surface area contributed by atoms with Crippen molar-refractivity contribution in [2.45, 2.75) is 12.0 Å². The van der Waals surface area contributed by atoms with Crippen LogP contribution in [0.25, 0.3) is 0 Å². The van der Waals surface area contributed by atoms with Crippen LogP contribution in [0.1, 0.15) is 23.1 Å². The van der Waals surface area contributed by atoms with Crippen molar-refractivity contribution in [3.8, 4) is 23.0 Å². The highest BCUT2D eigenvalue weighted by atomic mass is 79.9. The lowest BCUT2D eigenvalue weighted by molar-refractivity contribution is 0.157. The minimum Gasteiger partial charge on any atom is -0.504 e. The maximum Gasteiger partial charge on any atom is 0.165 e. The van der Waals surface area contributed by atoms with Gasteiger partial charge in [0.1, 0.15) is 6.10 Å². The summed E-state index contributed by atoms with van der Waals surface area (Å²) in [5.74, 6) is 1.44. The minimum atomic E-state index is -0.382. The zero-order chi connectivity index (χ0) is 16.6. The number of phenols is 1. The molecule has 2 aromatic carbocycles. The van der Waals surface area contributed by atoms with Crippen molar-refractivity contribution in [2.24, 2.45) is 0 Å². The van der Waals surface area contributed by atoms with Crippen molar-refractivity contribution >= 4 is 15.9 Å². The lowest BCUT2D eigenvalue weighted by atomic mass is 9.91.